The molecule has 152 valence electrons. The van der Waals surface area contributed by atoms with Gasteiger partial charge in [-0.25, -0.2) is 4.79 Å². The van der Waals surface area contributed by atoms with Crippen LogP contribution in [0.25, 0.3) is 0 Å². The number of nitrogens with zero attached hydrogens (tertiary/aromatic N) is 1. The molecular formula is C19H18N2O8. The van der Waals surface area contributed by atoms with Gasteiger partial charge in [0.25, 0.3) is 11.6 Å². The van der Waals surface area contributed by atoms with E-state index in [2.05, 4.69) is 5.32 Å². The van der Waals surface area contributed by atoms with Gasteiger partial charge in [-0.2, -0.15) is 0 Å². The lowest BCUT2D eigenvalue weighted by atomic mass is 10.1. The summed E-state index contributed by atoms with van der Waals surface area (Å²) in [7, 11) is 0. The predicted molar refractivity (Wildman–Crippen MR) is 101 cm³/mol. The van der Waals surface area contributed by atoms with Crippen molar-refractivity contribution in [1.82, 2.24) is 0 Å². The quantitative estimate of drug-likeness (QED) is 0.425. The van der Waals surface area contributed by atoms with Gasteiger partial charge in [0, 0.05) is 11.8 Å². The molecule has 2 aromatic carbocycles. The predicted octanol–water partition coefficient (Wildman–Crippen LogP) is 2.56. The largest absolute Gasteiger partial charge is 0.494 e. The maximum Gasteiger partial charge on any atom is 0.345 e. The lowest BCUT2D eigenvalue weighted by molar-refractivity contribution is -0.385. The van der Waals surface area contributed by atoms with E-state index in [4.69, 9.17) is 18.9 Å². The summed E-state index contributed by atoms with van der Waals surface area (Å²) in [5.41, 5.74) is -0.334. The number of hydrogen-bond acceptors (Lipinski definition) is 8. The molecule has 0 fully saturated rings. The van der Waals surface area contributed by atoms with Crippen LogP contribution in [0.1, 0.15) is 17.3 Å². The molecule has 10 heteroatoms. The zero-order valence-electron chi connectivity index (χ0n) is 15.5. The van der Waals surface area contributed by atoms with Crippen LogP contribution < -0.4 is 19.5 Å². The van der Waals surface area contributed by atoms with Gasteiger partial charge < -0.3 is 24.3 Å². The molecule has 2 aromatic rings. The minimum absolute atomic E-state index is 0.174. The highest BCUT2D eigenvalue weighted by atomic mass is 16.6. The van der Waals surface area contributed by atoms with Crippen LogP contribution >= 0.6 is 0 Å². The van der Waals surface area contributed by atoms with E-state index in [0.717, 1.165) is 6.07 Å². The van der Waals surface area contributed by atoms with Crippen molar-refractivity contribution in [3.05, 3.63) is 52.1 Å². The number of nitro benzene ring substituents is 1. The van der Waals surface area contributed by atoms with Gasteiger partial charge in [0.15, 0.2) is 18.1 Å². The first kappa shape index (κ1) is 19.9. The number of ether oxygens (including phenoxy) is 4. The summed E-state index contributed by atoms with van der Waals surface area (Å²) in [5, 5.41) is 13.8. The third kappa shape index (κ3) is 4.92. The molecule has 0 unspecified atom stereocenters. The van der Waals surface area contributed by atoms with Crippen molar-refractivity contribution in [2.45, 2.75) is 6.92 Å². The molecule has 1 aliphatic rings. The third-order valence-electron chi connectivity index (χ3n) is 3.86. The molecule has 0 atom stereocenters. The minimum atomic E-state index is -1.02. The molecule has 0 aromatic heterocycles. The number of benzene rings is 2. The van der Waals surface area contributed by atoms with Crippen LogP contribution in [0.5, 0.6) is 17.2 Å². The Morgan fingerprint density at radius 3 is 2.41 bits per heavy atom. The van der Waals surface area contributed by atoms with Crippen molar-refractivity contribution in [2.75, 3.05) is 31.7 Å². The zero-order valence-corrected chi connectivity index (χ0v) is 15.5. The Bertz CT molecular complexity index is 927. The van der Waals surface area contributed by atoms with Crippen LogP contribution in [0.3, 0.4) is 0 Å². The monoisotopic (exact) mass is 402 g/mol. The first-order valence-electron chi connectivity index (χ1n) is 8.75. The number of carbonyl (C=O) groups is 2. The lowest BCUT2D eigenvalue weighted by Gasteiger charge is -2.18. The number of fused-ring (bicyclic) bond motifs is 1. The molecule has 3 rings (SSSR count). The second kappa shape index (κ2) is 8.91. The van der Waals surface area contributed by atoms with Crippen LogP contribution in [-0.4, -0.2) is 43.2 Å². The fourth-order valence-electron chi connectivity index (χ4n) is 2.60. The Balaban J connectivity index is 1.64. The number of carbonyl (C=O) groups excluding carboxylic acids is 2. The molecule has 10 nitrogen and oxygen atoms in total. The number of anilines is 1. The fourth-order valence-corrected chi connectivity index (χ4v) is 2.60. The number of esters is 1. The first-order chi connectivity index (χ1) is 14.0. The minimum Gasteiger partial charge on any atom is -0.494 e. The molecule has 29 heavy (non-hydrogen) atoms. The Hall–Kier alpha value is -3.82. The van der Waals surface area contributed by atoms with E-state index in [9.17, 15) is 19.7 Å². The molecule has 1 aliphatic heterocycles. The highest BCUT2D eigenvalue weighted by molar-refractivity contribution is 5.98. The SMILES string of the molecule is CCOc1ccc(NC(=O)COC(=O)c2cc3c(cc2[N+](=O)[O-])OCCO3)cc1. The number of nitrogens with one attached hydrogen (secondary N) is 1. The molecule has 0 bridgehead atoms. The number of hydrogen-bond donors (Lipinski definition) is 1. The topological polar surface area (TPSA) is 126 Å². The van der Waals surface area contributed by atoms with Gasteiger partial charge in [-0.1, -0.05) is 0 Å². The lowest BCUT2D eigenvalue weighted by Crippen LogP contribution is -2.22. The van der Waals surface area contributed by atoms with Gasteiger partial charge in [0.2, 0.25) is 0 Å². The fraction of sp³-hybridized carbons (Fsp3) is 0.263. The normalized spacial score (nSPS) is 12.0. The van der Waals surface area contributed by atoms with E-state index in [1.54, 1.807) is 24.3 Å². The summed E-state index contributed by atoms with van der Waals surface area (Å²) >= 11 is 0. The molecule has 0 spiro atoms. The van der Waals surface area contributed by atoms with Crippen molar-refractivity contribution in [2.24, 2.45) is 0 Å². The molecule has 1 N–H and O–H groups in total. The molecule has 0 saturated heterocycles. The second-order valence-electron chi connectivity index (χ2n) is 5.85. The van der Waals surface area contributed by atoms with E-state index >= 15 is 0 Å². The third-order valence-corrected chi connectivity index (χ3v) is 3.86. The van der Waals surface area contributed by atoms with Gasteiger partial charge in [-0.15, -0.1) is 0 Å². The van der Waals surface area contributed by atoms with Crippen LogP contribution in [-0.2, 0) is 9.53 Å². The van der Waals surface area contributed by atoms with Gasteiger partial charge >= 0.3 is 5.97 Å². The zero-order chi connectivity index (χ0) is 20.8. The molecule has 1 heterocycles. The van der Waals surface area contributed by atoms with Crippen LogP contribution in [0.15, 0.2) is 36.4 Å². The van der Waals surface area contributed by atoms with Gasteiger partial charge in [0.1, 0.15) is 24.5 Å². The van der Waals surface area contributed by atoms with Crippen LogP contribution in [0, 0.1) is 10.1 Å². The highest BCUT2D eigenvalue weighted by Crippen LogP contribution is 2.36. The van der Waals surface area contributed by atoms with Gasteiger partial charge in [-0.05, 0) is 31.2 Å². The summed E-state index contributed by atoms with van der Waals surface area (Å²) in [4.78, 5) is 34.9. The Morgan fingerprint density at radius 2 is 1.79 bits per heavy atom. The number of nitro groups is 1. The number of amides is 1. The maximum absolute atomic E-state index is 12.3. The highest BCUT2D eigenvalue weighted by Gasteiger charge is 2.27. The van der Waals surface area contributed by atoms with E-state index < -0.39 is 29.1 Å². The van der Waals surface area contributed by atoms with Crippen molar-refractivity contribution >= 4 is 23.3 Å². The van der Waals surface area contributed by atoms with Crippen molar-refractivity contribution in [3.63, 3.8) is 0 Å². The standard InChI is InChI=1S/C19H18N2O8/c1-2-26-13-5-3-12(4-6-13)20-18(22)11-29-19(23)14-9-16-17(28-8-7-27-16)10-15(14)21(24)25/h3-6,9-10H,2,7-8,11H2,1H3,(H,20,22). The summed E-state index contributed by atoms with van der Waals surface area (Å²) in [6.45, 7) is 2.27. The van der Waals surface area contributed by atoms with Gasteiger partial charge in [0.05, 0.1) is 17.6 Å². The molecule has 0 radical (unpaired) electrons. The second-order valence-corrected chi connectivity index (χ2v) is 5.85. The molecule has 0 saturated carbocycles. The maximum atomic E-state index is 12.3. The van der Waals surface area contributed by atoms with E-state index in [0.29, 0.717) is 18.0 Å². The Labute approximate surface area is 165 Å². The van der Waals surface area contributed by atoms with Crippen LogP contribution in [0.4, 0.5) is 11.4 Å². The summed E-state index contributed by atoms with van der Waals surface area (Å²) in [6, 6.07) is 8.92. The van der Waals surface area contributed by atoms with E-state index in [1.165, 1.54) is 6.07 Å². The molecule has 1 amide bonds. The van der Waals surface area contributed by atoms with Crippen molar-refractivity contribution in [1.29, 1.82) is 0 Å². The van der Waals surface area contributed by atoms with Crippen molar-refractivity contribution in [3.8, 4) is 17.2 Å². The summed E-state index contributed by atoms with van der Waals surface area (Å²) < 4.78 is 20.9. The number of rotatable bonds is 7. The average Bonchev–Trinajstić information content (AvgIpc) is 2.72. The Morgan fingerprint density at radius 1 is 1.14 bits per heavy atom. The van der Waals surface area contributed by atoms with E-state index in [1.807, 2.05) is 6.92 Å². The van der Waals surface area contributed by atoms with E-state index in [-0.39, 0.29) is 30.3 Å². The average molecular weight is 402 g/mol. The summed E-state index contributed by atoms with van der Waals surface area (Å²) in [6.07, 6.45) is 0. The summed E-state index contributed by atoms with van der Waals surface area (Å²) in [5.74, 6) is -0.582. The van der Waals surface area contributed by atoms with Crippen molar-refractivity contribution < 1.29 is 33.5 Å². The smallest absolute Gasteiger partial charge is 0.345 e. The molecular weight excluding hydrogens is 384 g/mol. The van der Waals surface area contributed by atoms with Gasteiger partial charge in [-0.3, -0.25) is 14.9 Å². The first-order valence-corrected chi connectivity index (χ1v) is 8.75. The Kier molecular flexibility index (Phi) is 6.12. The van der Waals surface area contributed by atoms with Crippen LogP contribution in [0.2, 0.25) is 0 Å². The molecule has 0 aliphatic carbocycles.